The Bertz CT molecular complexity index is 358. The summed E-state index contributed by atoms with van der Waals surface area (Å²) in [7, 11) is 1.96. The topological polar surface area (TPSA) is 29.9 Å². The molecule has 0 bridgehead atoms. The van der Waals surface area contributed by atoms with Crippen molar-refractivity contribution in [1.82, 2.24) is 15.1 Å². The van der Waals surface area contributed by atoms with Crippen molar-refractivity contribution in [2.45, 2.75) is 46.6 Å². The van der Waals surface area contributed by atoms with E-state index in [9.17, 15) is 0 Å². The van der Waals surface area contributed by atoms with Crippen molar-refractivity contribution in [2.75, 3.05) is 6.54 Å². The van der Waals surface area contributed by atoms with Gasteiger partial charge < -0.3 is 5.32 Å². The molecule has 1 heterocycles. The molecule has 1 N–H and O–H groups in total. The zero-order valence-corrected chi connectivity index (χ0v) is 12.3. The second kappa shape index (κ2) is 6.41. The first kappa shape index (κ1) is 14.5. The number of aryl methyl sites for hydroxylation is 2. The number of aromatic nitrogens is 2. The summed E-state index contributed by atoms with van der Waals surface area (Å²) in [5, 5.41) is 8.76. The lowest BCUT2D eigenvalue weighted by Gasteiger charge is -2.22. The van der Waals surface area contributed by atoms with E-state index in [-0.39, 0.29) is 0 Å². The van der Waals surface area contributed by atoms with Gasteiger partial charge in [0.1, 0.15) is 0 Å². The summed E-state index contributed by atoms with van der Waals surface area (Å²) in [6.07, 6.45) is 2.09. The van der Waals surface area contributed by atoms with Gasteiger partial charge in [-0.25, -0.2) is 0 Å². The molecule has 0 saturated carbocycles. The van der Waals surface area contributed by atoms with Crippen molar-refractivity contribution >= 4 is 11.6 Å². The molecule has 0 aliphatic rings. The monoisotopic (exact) mass is 257 g/mol. The van der Waals surface area contributed by atoms with Crippen molar-refractivity contribution in [3.8, 4) is 0 Å². The number of hydrogen-bond donors (Lipinski definition) is 1. The van der Waals surface area contributed by atoms with Crippen molar-refractivity contribution in [2.24, 2.45) is 13.0 Å². The molecule has 3 nitrogen and oxygen atoms in total. The highest BCUT2D eigenvalue weighted by atomic mass is 35.5. The van der Waals surface area contributed by atoms with Crippen LogP contribution in [0, 0.1) is 12.8 Å². The van der Waals surface area contributed by atoms with Crippen LogP contribution in [-0.4, -0.2) is 22.4 Å². The molecular formula is C13H24ClN3. The predicted molar refractivity (Wildman–Crippen MR) is 73.6 cm³/mol. The van der Waals surface area contributed by atoms with E-state index >= 15 is 0 Å². The molecule has 17 heavy (non-hydrogen) atoms. The van der Waals surface area contributed by atoms with E-state index < -0.39 is 0 Å². The number of rotatable bonds is 6. The first-order valence-corrected chi connectivity index (χ1v) is 6.76. The molecule has 0 aliphatic carbocycles. The lowest BCUT2D eigenvalue weighted by atomic mass is 9.99. The van der Waals surface area contributed by atoms with Gasteiger partial charge in [-0.15, -0.1) is 0 Å². The summed E-state index contributed by atoms with van der Waals surface area (Å²) in [5.74, 6) is 0.591. The van der Waals surface area contributed by atoms with E-state index in [0.29, 0.717) is 12.0 Å². The fourth-order valence-corrected chi connectivity index (χ4v) is 2.22. The normalized spacial score (nSPS) is 13.4. The van der Waals surface area contributed by atoms with Crippen molar-refractivity contribution in [3.05, 3.63) is 16.4 Å². The van der Waals surface area contributed by atoms with Crippen LogP contribution in [0.3, 0.4) is 0 Å². The van der Waals surface area contributed by atoms with Crippen LogP contribution in [0.4, 0.5) is 0 Å². The average Bonchev–Trinajstić information content (AvgIpc) is 2.49. The average molecular weight is 258 g/mol. The fraction of sp³-hybridized carbons (Fsp3) is 0.769. The molecule has 1 rings (SSSR count). The van der Waals surface area contributed by atoms with Crippen LogP contribution in [-0.2, 0) is 13.5 Å². The van der Waals surface area contributed by atoms with Crippen LogP contribution in [0.15, 0.2) is 0 Å². The highest BCUT2D eigenvalue weighted by Crippen LogP contribution is 2.22. The summed E-state index contributed by atoms with van der Waals surface area (Å²) in [4.78, 5) is 0. The third kappa shape index (κ3) is 3.71. The first-order chi connectivity index (χ1) is 7.97. The van der Waals surface area contributed by atoms with E-state index in [4.69, 9.17) is 11.6 Å². The maximum atomic E-state index is 6.29. The quantitative estimate of drug-likeness (QED) is 0.849. The Balaban J connectivity index is 2.78. The summed E-state index contributed by atoms with van der Waals surface area (Å²) in [5.41, 5.74) is 2.05. The van der Waals surface area contributed by atoms with Gasteiger partial charge in [-0.05, 0) is 25.8 Å². The van der Waals surface area contributed by atoms with Crippen LogP contribution >= 0.6 is 11.6 Å². The second-order valence-electron chi connectivity index (χ2n) is 4.98. The lowest BCUT2D eigenvalue weighted by Crippen LogP contribution is -2.36. The zero-order chi connectivity index (χ0) is 13.0. The fourth-order valence-electron chi connectivity index (χ4n) is 1.98. The Morgan fingerprint density at radius 2 is 2.06 bits per heavy atom. The molecule has 0 aliphatic heterocycles. The third-order valence-electron chi connectivity index (χ3n) is 3.14. The molecule has 0 radical (unpaired) electrons. The van der Waals surface area contributed by atoms with E-state index in [1.807, 2.05) is 18.7 Å². The minimum atomic E-state index is 0.460. The van der Waals surface area contributed by atoms with Gasteiger partial charge in [0.25, 0.3) is 0 Å². The Morgan fingerprint density at radius 1 is 1.41 bits per heavy atom. The molecule has 0 fully saturated rings. The SMILES string of the molecule is CCCNC(Cc1c(Cl)c(C)nn1C)C(C)C. The molecule has 0 saturated heterocycles. The van der Waals surface area contributed by atoms with E-state index in [0.717, 1.165) is 35.8 Å². The first-order valence-electron chi connectivity index (χ1n) is 6.38. The van der Waals surface area contributed by atoms with Crippen LogP contribution in [0.25, 0.3) is 0 Å². The molecular weight excluding hydrogens is 234 g/mol. The highest BCUT2D eigenvalue weighted by molar-refractivity contribution is 6.31. The molecule has 4 heteroatoms. The molecule has 1 unspecified atom stereocenters. The van der Waals surface area contributed by atoms with Gasteiger partial charge in [-0.3, -0.25) is 4.68 Å². The molecule has 0 spiro atoms. The largest absolute Gasteiger partial charge is 0.313 e. The van der Waals surface area contributed by atoms with E-state index in [1.165, 1.54) is 0 Å². The summed E-state index contributed by atoms with van der Waals surface area (Å²) >= 11 is 6.29. The lowest BCUT2D eigenvalue weighted by molar-refractivity contribution is 0.390. The van der Waals surface area contributed by atoms with Gasteiger partial charge in [0, 0.05) is 19.5 Å². The number of halogens is 1. The Labute approximate surface area is 110 Å². The van der Waals surface area contributed by atoms with Gasteiger partial charge >= 0.3 is 0 Å². The summed E-state index contributed by atoms with van der Waals surface area (Å²) in [6.45, 7) is 9.67. The Kier molecular flexibility index (Phi) is 5.47. The van der Waals surface area contributed by atoms with Crippen molar-refractivity contribution in [3.63, 3.8) is 0 Å². The number of nitrogens with one attached hydrogen (secondary N) is 1. The molecule has 1 aromatic heterocycles. The maximum absolute atomic E-state index is 6.29. The predicted octanol–water partition coefficient (Wildman–Crippen LogP) is 2.95. The minimum Gasteiger partial charge on any atom is -0.313 e. The zero-order valence-electron chi connectivity index (χ0n) is 11.5. The van der Waals surface area contributed by atoms with Crippen molar-refractivity contribution in [1.29, 1.82) is 0 Å². The third-order valence-corrected chi connectivity index (χ3v) is 3.63. The van der Waals surface area contributed by atoms with Gasteiger partial charge in [-0.2, -0.15) is 5.10 Å². The molecule has 1 atom stereocenters. The number of nitrogens with zero attached hydrogens (tertiary/aromatic N) is 2. The molecule has 0 amide bonds. The van der Waals surface area contributed by atoms with Gasteiger partial charge in [0.2, 0.25) is 0 Å². The van der Waals surface area contributed by atoms with Crippen LogP contribution in [0.2, 0.25) is 5.02 Å². The Hall–Kier alpha value is -0.540. The minimum absolute atomic E-state index is 0.460. The van der Waals surface area contributed by atoms with E-state index in [1.54, 1.807) is 0 Å². The molecule has 1 aromatic rings. The highest BCUT2D eigenvalue weighted by Gasteiger charge is 2.18. The summed E-state index contributed by atoms with van der Waals surface area (Å²) < 4.78 is 1.90. The maximum Gasteiger partial charge on any atom is 0.0847 e. The summed E-state index contributed by atoms with van der Waals surface area (Å²) in [6, 6.07) is 0.460. The smallest absolute Gasteiger partial charge is 0.0847 e. The van der Waals surface area contributed by atoms with Gasteiger partial charge in [0.05, 0.1) is 16.4 Å². The van der Waals surface area contributed by atoms with Crippen LogP contribution < -0.4 is 5.32 Å². The molecule has 0 aromatic carbocycles. The van der Waals surface area contributed by atoms with E-state index in [2.05, 4.69) is 31.2 Å². The Morgan fingerprint density at radius 3 is 2.47 bits per heavy atom. The second-order valence-corrected chi connectivity index (χ2v) is 5.36. The van der Waals surface area contributed by atoms with Crippen LogP contribution in [0.1, 0.15) is 38.6 Å². The van der Waals surface area contributed by atoms with Crippen molar-refractivity contribution < 1.29 is 0 Å². The van der Waals surface area contributed by atoms with Gasteiger partial charge in [-0.1, -0.05) is 32.4 Å². The molecule has 98 valence electrons. The standard InChI is InChI=1S/C13H24ClN3/c1-6-7-15-11(9(2)3)8-12-13(14)10(4)16-17(12)5/h9,11,15H,6-8H2,1-5H3. The van der Waals surface area contributed by atoms with Gasteiger partial charge in [0.15, 0.2) is 0 Å². The number of hydrogen-bond acceptors (Lipinski definition) is 2. The van der Waals surface area contributed by atoms with Crippen LogP contribution in [0.5, 0.6) is 0 Å².